The van der Waals surface area contributed by atoms with Crippen molar-refractivity contribution in [3.05, 3.63) is 46.0 Å². The van der Waals surface area contributed by atoms with Gasteiger partial charge in [-0.05, 0) is 50.4 Å². The smallest absolute Gasteiger partial charge is 0.328 e. The average molecular weight is 459 g/mol. The highest BCUT2D eigenvalue weighted by Crippen LogP contribution is 2.30. The molecule has 1 aromatic carbocycles. The van der Waals surface area contributed by atoms with Crippen molar-refractivity contribution in [2.24, 2.45) is 0 Å². The van der Waals surface area contributed by atoms with Gasteiger partial charge in [0.15, 0.2) is 0 Å². The fourth-order valence-corrected chi connectivity index (χ4v) is 4.10. The van der Waals surface area contributed by atoms with Crippen LogP contribution in [0.3, 0.4) is 0 Å². The average Bonchev–Trinajstić information content (AvgIpc) is 2.75. The summed E-state index contributed by atoms with van der Waals surface area (Å²) in [7, 11) is 0. The van der Waals surface area contributed by atoms with Gasteiger partial charge in [0.25, 0.3) is 0 Å². The van der Waals surface area contributed by atoms with E-state index >= 15 is 0 Å². The van der Waals surface area contributed by atoms with Crippen LogP contribution in [0.25, 0.3) is 0 Å². The zero-order valence-corrected chi connectivity index (χ0v) is 18.2. The molecule has 1 aromatic rings. The third-order valence-electron chi connectivity index (χ3n) is 5.19. The standard InChI is InChI=1S/C17H24Cl2N2O.C4H4O4/c18-16-3-1-2-13(17(16)19)12-21(14-4-8-20-9-5-14)15-6-10-22-11-7-15;5-3(6)1-2-4(7)8/h1-3,14-15,20H,4-12H2;1-2H,(H,5,6)(H,7,8)/b;2-1+. The lowest BCUT2D eigenvalue weighted by Crippen LogP contribution is -2.49. The molecule has 2 fully saturated rings. The molecular formula is C21H28Cl2N2O5. The van der Waals surface area contributed by atoms with Gasteiger partial charge in [0.05, 0.1) is 10.0 Å². The van der Waals surface area contributed by atoms with Gasteiger partial charge in [-0.25, -0.2) is 9.59 Å². The number of halogens is 2. The van der Waals surface area contributed by atoms with Crippen LogP contribution in [-0.4, -0.2) is 65.4 Å². The van der Waals surface area contributed by atoms with E-state index in [2.05, 4.69) is 16.3 Å². The number of piperidine rings is 1. The van der Waals surface area contributed by atoms with Crippen LogP contribution in [-0.2, 0) is 20.9 Å². The zero-order chi connectivity index (χ0) is 21.9. The van der Waals surface area contributed by atoms with Crippen LogP contribution in [0.1, 0.15) is 31.2 Å². The van der Waals surface area contributed by atoms with Crippen molar-refractivity contribution in [3.8, 4) is 0 Å². The Labute approximate surface area is 186 Å². The molecule has 7 nitrogen and oxygen atoms in total. The monoisotopic (exact) mass is 458 g/mol. The number of carboxylic acids is 2. The quantitative estimate of drug-likeness (QED) is 0.561. The molecule has 166 valence electrons. The lowest BCUT2D eigenvalue weighted by Gasteiger charge is -2.42. The Morgan fingerprint density at radius 3 is 2.17 bits per heavy atom. The minimum atomic E-state index is -1.26. The van der Waals surface area contributed by atoms with Gasteiger partial charge in [0.2, 0.25) is 0 Å². The van der Waals surface area contributed by atoms with Crippen molar-refractivity contribution in [3.63, 3.8) is 0 Å². The molecule has 0 aromatic heterocycles. The number of hydrogen-bond donors (Lipinski definition) is 3. The molecule has 2 aliphatic rings. The Hall–Kier alpha value is -1.64. The van der Waals surface area contributed by atoms with Crippen LogP contribution in [0, 0.1) is 0 Å². The van der Waals surface area contributed by atoms with E-state index in [4.69, 9.17) is 38.2 Å². The summed E-state index contributed by atoms with van der Waals surface area (Å²) in [6.45, 7) is 4.83. The van der Waals surface area contributed by atoms with E-state index < -0.39 is 11.9 Å². The summed E-state index contributed by atoms with van der Waals surface area (Å²) >= 11 is 12.6. The van der Waals surface area contributed by atoms with E-state index in [1.165, 1.54) is 12.8 Å². The molecule has 2 aliphatic heterocycles. The van der Waals surface area contributed by atoms with Gasteiger partial charge in [-0.1, -0.05) is 35.3 Å². The van der Waals surface area contributed by atoms with Crippen LogP contribution in [0.5, 0.6) is 0 Å². The van der Waals surface area contributed by atoms with Crippen LogP contribution >= 0.6 is 23.2 Å². The van der Waals surface area contributed by atoms with Gasteiger partial charge in [-0.2, -0.15) is 0 Å². The second-order valence-corrected chi connectivity index (χ2v) is 8.00. The molecule has 0 atom stereocenters. The third-order valence-corrected chi connectivity index (χ3v) is 6.05. The summed E-state index contributed by atoms with van der Waals surface area (Å²) < 4.78 is 5.54. The lowest BCUT2D eigenvalue weighted by atomic mass is 9.97. The summed E-state index contributed by atoms with van der Waals surface area (Å²) in [6, 6.07) is 7.17. The largest absolute Gasteiger partial charge is 0.478 e. The highest BCUT2D eigenvalue weighted by molar-refractivity contribution is 6.42. The molecule has 0 spiro atoms. The van der Waals surface area contributed by atoms with Crippen molar-refractivity contribution in [2.45, 2.75) is 44.3 Å². The number of aliphatic carboxylic acids is 2. The van der Waals surface area contributed by atoms with Crippen molar-refractivity contribution in [1.29, 1.82) is 0 Å². The van der Waals surface area contributed by atoms with E-state index in [9.17, 15) is 9.59 Å². The topological polar surface area (TPSA) is 99.1 Å². The maximum atomic E-state index is 9.55. The second-order valence-electron chi connectivity index (χ2n) is 7.22. The predicted octanol–water partition coefficient (Wildman–Crippen LogP) is 3.44. The third kappa shape index (κ3) is 8.24. The minimum Gasteiger partial charge on any atom is -0.478 e. The molecule has 9 heteroatoms. The van der Waals surface area contributed by atoms with E-state index in [0.717, 1.165) is 51.3 Å². The number of carboxylic acid groups (broad SMARTS) is 2. The molecule has 0 bridgehead atoms. The van der Waals surface area contributed by atoms with Gasteiger partial charge in [0.1, 0.15) is 0 Å². The lowest BCUT2D eigenvalue weighted by molar-refractivity contribution is -0.134. The Kier molecular flexibility index (Phi) is 10.6. The number of nitrogens with one attached hydrogen (secondary N) is 1. The SMILES string of the molecule is Clc1cccc(CN(C2CCNCC2)C2CCOCC2)c1Cl.O=C(O)/C=C/C(=O)O. The summed E-state index contributed by atoms with van der Waals surface area (Å²) in [5.41, 5.74) is 1.14. The van der Waals surface area contributed by atoms with E-state index in [1.54, 1.807) is 0 Å². The molecule has 2 saturated heterocycles. The van der Waals surface area contributed by atoms with E-state index in [1.807, 2.05) is 12.1 Å². The van der Waals surface area contributed by atoms with Gasteiger partial charge < -0.3 is 20.3 Å². The maximum absolute atomic E-state index is 9.55. The highest BCUT2D eigenvalue weighted by Gasteiger charge is 2.29. The fraction of sp³-hybridized carbons (Fsp3) is 0.524. The number of rotatable bonds is 6. The molecule has 0 saturated carbocycles. The van der Waals surface area contributed by atoms with Gasteiger partial charge >= 0.3 is 11.9 Å². The van der Waals surface area contributed by atoms with Crippen molar-refractivity contribution in [2.75, 3.05) is 26.3 Å². The van der Waals surface area contributed by atoms with Crippen LogP contribution in [0.15, 0.2) is 30.4 Å². The van der Waals surface area contributed by atoms with Gasteiger partial charge in [0, 0.05) is 44.0 Å². The molecule has 2 heterocycles. The number of benzene rings is 1. The first kappa shape index (κ1) is 24.6. The summed E-state index contributed by atoms with van der Waals surface area (Å²) in [6.07, 6.45) is 5.75. The maximum Gasteiger partial charge on any atom is 0.328 e. The van der Waals surface area contributed by atoms with Crippen molar-refractivity contribution in [1.82, 2.24) is 10.2 Å². The van der Waals surface area contributed by atoms with E-state index in [0.29, 0.717) is 34.3 Å². The van der Waals surface area contributed by atoms with E-state index in [-0.39, 0.29) is 0 Å². The first-order valence-electron chi connectivity index (χ1n) is 9.99. The fourth-order valence-electron chi connectivity index (χ4n) is 3.72. The molecule has 30 heavy (non-hydrogen) atoms. The van der Waals surface area contributed by atoms with Gasteiger partial charge in [-0.15, -0.1) is 0 Å². The summed E-state index contributed by atoms with van der Waals surface area (Å²) in [4.78, 5) is 21.8. The normalized spacial score (nSPS) is 18.2. The predicted molar refractivity (Wildman–Crippen MR) is 116 cm³/mol. The van der Waals surface area contributed by atoms with Gasteiger partial charge in [-0.3, -0.25) is 4.90 Å². The number of carbonyl (C=O) groups is 2. The highest BCUT2D eigenvalue weighted by atomic mass is 35.5. The first-order valence-corrected chi connectivity index (χ1v) is 10.7. The Morgan fingerprint density at radius 1 is 1.03 bits per heavy atom. The molecule has 0 amide bonds. The molecule has 0 radical (unpaired) electrons. The van der Waals surface area contributed by atoms with Crippen molar-refractivity contribution >= 4 is 35.1 Å². The number of nitrogens with zero attached hydrogens (tertiary/aromatic N) is 1. The molecular weight excluding hydrogens is 431 g/mol. The van der Waals surface area contributed by atoms with Crippen molar-refractivity contribution < 1.29 is 24.5 Å². The first-order chi connectivity index (χ1) is 14.4. The Bertz CT molecular complexity index is 698. The summed E-state index contributed by atoms with van der Waals surface area (Å²) in [5, 5.41) is 20.4. The molecule has 0 unspecified atom stereocenters. The molecule has 3 rings (SSSR count). The van der Waals surface area contributed by atoms with Crippen LogP contribution in [0.4, 0.5) is 0 Å². The Morgan fingerprint density at radius 2 is 1.60 bits per heavy atom. The number of ether oxygens (including phenoxy) is 1. The second kappa shape index (κ2) is 12.9. The van der Waals surface area contributed by atoms with Crippen LogP contribution < -0.4 is 5.32 Å². The molecule has 0 aliphatic carbocycles. The number of hydrogen-bond acceptors (Lipinski definition) is 5. The zero-order valence-electron chi connectivity index (χ0n) is 16.7. The van der Waals surface area contributed by atoms with Crippen LogP contribution in [0.2, 0.25) is 10.0 Å². The Balaban J connectivity index is 0.000000343. The minimum absolute atomic E-state index is 0.558. The summed E-state index contributed by atoms with van der Waals surface area (Å²) in [5.74, 6) is -2.51. The molecule has 3 N–H and O–H groups in total.